The van der Waals surface area contributed by atoms with Crippen molar-refractivity contribution in [2.24, 2.45) is 0 Å². The number of hydrogen-bond donors (Lipinski definition) is 1. The third-order valence-electron chi connectivity index (χ3n) is 3.28. The molecule has 0 aliphatic carbocycles. The number of halogens is 1. The van der Waals surface area contributed by atoms with E-state index in [0.29, 0.717) is 17.7 Å². The SMILES string of the molecule is O=C1O[C@@H](C(=O)Nc2cccc(F)c2)Cc2ccccc21. The van der Waals surface area contributed by atoms with E-state index in [1.165, 1.54) is 18.2 Å². The Hall–Kier alpha value is -2.69. The molecular formula is C16H12FNO3. The molecule has 0 fully saturated rings. The molecule has 0 saturated carbocycles. The molecule has 2 aromatic carbocycles. The van der Waals surface area contributed by atoms with E-state index < -0.39 is 23.8 Å². The van der Waals surface area contributed by atoms with E-state index >= 15 is 0 Å². The van der Waals surface area contributed by atoms with Crippen LogP contribution in [0.1, 0.15) is 15.9 Å². The first-order valence-electron chi connectivity index (χ1n) is 6.49. The molecule has 4 nitrogen and oxygen atoms in total. The summed E-state index contributed by atoms with van der Waals surface area (Å²) in [6.07, 6.45) is -0.598. The van der Waals surface area contributed by atoms with Crippen molar-refractivity contribution in [1.82, 2.24) is 0 Å². The summed E-state index contributed by atoms with van der Waals surface area (Å²) >= 11 is 0. The van der Waals surface area contributed by atoms with Gasteiger partial charge in [-0.05, 0) is 29.8 Å². The highest BCUT2D eigenvalue weighted by Crippen LogP contribution is 2.21. The molecule has 0 unspecified atom stereocenters. The molecule has 0 aromatic heterocycles. The van der Waals surface area contributed by atoms with Crippen LogP contribution in [0.15, 0.2) is 48.5 Å². The van der Waals surface area contributed by atoms with Crippen LogP contribution in [0.3, 0.4) is 0 Å². The normalized spacial score (nSPS) is 16.8. The number of esters is 1. The van der Waals surface area contributed by atoms with Gasteiger partial charge in [0.05, 0.1) is 5.56 Å². The van der Waals surface area contributed by atoms with Crippen LogP contribution in [-0.4, -0.2) is 18.0 Å². The molecule has 1 amide bonds. The second kappa shape index (κ2) is 5.36. The number of rotatable bonds is 2. The van der Waals surface area contributed by atoms with Gasteiger partial charge in [0.2, 0.25) is 0 Å². The van der Waals surface area contributed by atoms with Crippen LogP contribution in [0.25, 0.3) is 0 Å². The number of anilines is 1. The average Bonchev–Trinajstić information content (AvgIpc) is 2.47. The summed E-state index contributed by atoms with van der Waals surface area (Å²) in [5, 5.41) is 2.55. The van der Waals surface area contributed by atoms with Crippen molar-refractivity contribution in [2.45, 2.75) is 12.5 Å². The molecule has 5 heteroatoms. The van der Waals surface area contributed by atoms with Gasteiger partial charge in [-0.25, -0.2) is 9.18 Å². The van der Waals surface area contributed by atoms with Crippen LogP contribution in [0.4, 0.5) is 10.1 Å². The Morgan fingerprint density at radius 2 is 2.00 bits per heavy atom. The van der Waals surface area contributed by atoms with Crippen molar-refractivity contribution in [3.8, 4) is 0 Å². The average molecular weight is 285 g/mol. The smallest absolute Gasteiger partial charge is 0.339 e. The van der Waals surface area contributed by atoms with Gasteiger partial charge in [0, 0.05) is 12.1 Å². The molecule has 1 aliphatic heterocycles. The van der Waals surface area contributed by atoms with Gasteiger partial charge in [-0.3, -0.25) is 4.79 Å². The largest absolute Gasteiger partial charge is 0.448 e. The maximum absolute atomic E-state index is 13.1. The Balaban J connectivity index is 1.76. The molecule has 0 bridgehead atoms. The summed E-state index contributed by atoms with van der Waals surface area (Å²) in [7, 11) is 0. The van der Waals surface area contributed by atoms with Crippen LogP contribution in [0.5, 0.6) is 0 Å². The zero-order valence-corrected chi connectivity index (χ0v) is 11.0. The quantitative estimate of drug-likeness (QED) is 0.863. The van der Waals surface area contributed by atoms with Gasteiger partial charge >= 0.3 is 5.97 Å². The van der Waals surface area contributed by atoms with Crippen molar-refractivity contribution in [1.29, 1.82) is 0 Å². The zero-order chi connectivity index (χ0) is 14.8. The number of hydrogen-bond acceptors (Lipinski definition) is 3. The minimum Gasteiger partial charge on any atom is -0.448 e. The maximum atomic E-state index is 13.1. The Morgan fingerprint density at radius 3 is 2.81 bits per heavy atom. The second-order valence-electron chi connectivity index (χ2n) is 4.75. The van der Waals surface area contributed by atoms with Crippen LogP contribution in [0, 0.1) is 5.82 Å². The van der Waals surface area contributed by atoms with Crippen LogP contribution in [-0.2, 0) is 16.0 Å². The van der Waals surface area contributed by atoms with Crippen molar-refractivity contribution >= 4 is 17.6 Å². The number of cyclic esters (lactones) is 1. The van der Waals surface area contributed by atoms with Gasteiger partial charge in [0.1, 0.15) is 5.82 Å². The molecule has 1 N–H and O–H groups in total. The fourth-order valence-electron chi connectivity index (χ4n) is 2.27. The summed E-state index contributed by atoms with van der Waals surface area (Å²) in [4.78, 5) is 24.0. The number of carbonyl (C=O) groups is 2. The molecule has 3 rings (SSSR count). The lowest BCUT2D eigenvalue weighted by Gasteiger charge is -2.23. The lowest BCUT2D eigenvalue weighted by atomic mass is 9.98. The molecule has 2 aromatic rings. The first-order valence-corrected chi connectivity index (χ1v) is 6.49. The van der Waals surface area contributed by atoms with Crippen molar-refractivity contribution in [2.75, 3.05) is 5.32 Å². The summed E-state index contributed by atoms with van der Waals surface area (Å²) in [6, 6.07) is 12.6. The second-order valence-corrected chi connectivity index (χ2v) is 4.75. The Kier molecular flexibility index (Phi) is 3.39. The van der Waals surface area contributed by atoms with Crippen LogP contribution in [0.2, 0.25) is 0 Å². The summed E-state index contributed by atoms with van der Waals surface area (Å²) in [5.41, 5.74) is 1.58. The fraction of sp³-hybridized carbons (Fsp3) is 0.125. The first kappa shape index (κ1) is 13.3. The van der Waals surface area contributed by atoms with Crippen molar-refractivity contribution < 1.29 is 18.7 Å². The number of ether oxygens (including phenoxy) is 1. The lowest BCUT2D eigenvalue weighted by molar-refractivity contribution is -0.125. The van der Waals surface area contributed by atoms with Gasteiger partial charge in [0.15, 0.2) is 6.10 Å². The Bertz CT molecular complexity index is 714. The highest BCUT2D eigenvalue weighted by molar-refractivity contribution is 6.00. The van der Waals surface area contributed by atoms with Gasteiger partial charge in [-0.1, -0.05) is 24.3 Å². The number of benzene rings is 2. The van der Waals surface area contributed by atoms with Crippen LogP contribution >= 0.6 is 0 Å². The third-order valence-corrected chi connectivity index (χ3v) is 3.28. The van der Waals surface area contributed by atoms with E-state index in [0.717, 1.165) is 5.56 Å². The number of fused-ring (bicyclic) bond motifs is 1. The van der Waals surface area contributed by atoms with E-state index in [4.69, 9.17) is 4.74 Å². The molecule has 0 saturated heterocycles. The summed E-state index contributed by atoms with van der Waals surface area (Å²) < 4.78 is 18.2. The van der Waals surface area contributed by atoms with Crippen molar-refractivity contribution in [3.05, 3.63) is 65.5 Å². The van der Waals surface area contributed by atoms with E-state index in [1.807, 2.05) is 0 Å². The standard InChI is InChI=1S/C16H12FNO3/c17-11-5-3-6-12(9-11)18-15(19)14-8-10-4-1-2-7-13(10)16(20)21-14/h1-7,9,14H,8H2,(H,18,19)/t14-/m1/s1. The summed E-state index contributed by atoms with van der Waals surface area (Å²) in [5.74, 6) is -1.43. The molecule has 0 radical (unpaired) electrons. The van der Waals surface area contributed by atoms with Crippen molar-refractivity contribution in [3.63, 3.8) is 0 Å². The molecule has 106 valence electrons. The maximum Gasteiger partial charge on any atom is 0.339 e. The lowest BCUT2D eigenvalue weighted by Crippen LogP contribution is -2.37. The monoisotopic (exact) mass is 285 g/mol. The highest BCUT2D eigenvalue weighted by atomic mass is 19.1. The first-order chi connectivity index (χ1) is 10.1. The van der Waals surface area contributed by atoms with E-state index in [1.54, 1.807) is 30.3 Å². The Morgan fingerprint density at radius 1 is 1.19 bits per heavy atom. The van der Waals surface area contributed by atoms with E-state index in [-0.39, 0.29) is 0 Å². The number of amides is 1. The Labute approximate surface area is 120 Å². The molecular weight excluding hydrogens is 273 g/mol. The van der Waals surface area contributed by atoms with Gasteiger partial charge in [0.25, 0.3) is 5.91 Å². The third kappa shape index (κ3) is 2.76. The van der Waals surface area contributed by atoms with Crippen LogP contribution < -0.4 is 5.32 Å². The molecule has 0 spiro atoms. The molecule has 1 aliphatic rings. The number of nitrogens with one attached hydrogen (secondary N) is 1. The molecule has 1 heterocycles. The summed E-state index contributed by atoms with van der Waals surface area (Å²) in [6.45, 7) is 0. The fourth-order valence-corrected chi connectivity index (χ4v) is 2.27. The van der Waals surface area contributed by atoms with Gasteiger partial charge in [-0.15, -0.1) is 0 Å². The van der Waals surface area contributed by atoms with E-state index in [2.05, 4.69) is 5.32 Å². The molecule has 1 atom stereocenters. The van der Waals surface area contributed by atoms with E-state index in [9.17, 15) is 14.0 Å². The van der Waals surface area contributed by atoms with Gasteiger partial charge < -0.3 is 10.1 Å². The predicted octanol–water partition coefficient (Wildman–Crippen LogP) is 2.55. The number of carbonyl (C=O) groups excluding carboxylic acids is 2. The zero-order valence-electron chi connectivity index (χ0n) is 11.0. The minimum absolute atomic E-state index is 0.309. The minimum atomic E-state index is -0.907. The highest BCUT2D eigenvalue weighted by Gasteiger charge is 2.31. The topological polar surface area (TPSA) is 55.4 Å². The van der Waals surface area contributed by atoms with Gasteiger partial charge in [-0.2, -0.15) is 0 Å². The molecule has 21 heavy (non-hydrogen) atoms. The predicted molar refractivity (Wildman–Crippen MR) is 74.4 cm³/mol.